The molecular weight excluding hydrogens is 357 g/mol. The van der Waals surface area contributed by atoms with Crippen LogP contribution >= 0.6 is 0 Å². The molecule has 0 bridgehead atoms. The van der Waals surface area contributed by atoms with Crippen LogP contribution in [0.15, 0.2) is 47.4 Å². The van der Waals surface area contributed by atoms with Crippen LogP contribution in [0, 0.1) is 11.7 Å². The first-order valence-electron chi connectivity index (χ1n) is 8.31. The van der Waals surface area contributed by atoms with Crippen LogP contribution in [0.3, 0.4) is 0 Å². The summed E-state index contributed by atoms with van der Waals surface area (Å²) in [7, 11) is -4.04. The normalized spacial score (nSPS) is 11.6. The maximum atomic E-state index is 13.6. The first-order valence-corrected chi connectivity index (χ1v) is 9.75. The number of rotatable bonds is 7. The highest BCUT2D eigenvalue weighted by Crippen LogP contribution is 2.26. The summed E-state index contributed by atoms with van der Waals surface area (Å²) in [4.78, 5) is 10.9. The molecular formula is C19H22FNO4S. The Morgan fingerprint density at radius 1 is 1.15 bits per heavy atom. The number of halogens is 1. The van der Waals surface area contributed by atoms with E-state index in [1.165, 1.54) is 4.31 Å². The maximum Gasteiger partial charge on any atom is 0.338 e. The molecule has 0 saturated carbocycles. The Morgan fingerprint density at radius 3 is 2.27 bits per heavy atom. The highest BCUT2D eigenvalue weighted by atomic mass is 32.2. The van der Waals surface area contributed by atoms with E-state index in [9.17, 15) is 17.6 Å². The van der Waals surface area contributed by atoms with Crippen LogP contribution in [0.25, 0.3) is 0 Å². The monoisotopic (exact) mass is 379 g/mol. The van der Waals surface area contributed by atoms with Gasteiger partial charge in [-0.3, -0.25) is 4.31 Å². The molecule has 0 radical (unpaired) electrons. The van der Waals surface area contributed by atoms with E-state index in [2.05, 4.69) is 0 Å². The molecule has 26 heavy (non-hydrogen) atoms. The molecule has 0 aliphatic heterocycles. The molecule has 0 fully saturated rings. The molecule has 0 unspecified atom stereocenters. The van der Waals surface area contributed by atoms with E-state index >= 15 is 0 Å². The Morgan fingerprint density at radius 2 is 1.77 bits per heavy atom. The Hall–Kier alpha value is -2.41. The minimum Gasteiger partial charge on any atom is -0.478 e. The highest BCUT2D eigenvalue weighted by Gasteiger charge is 2.27. The standard InChI is InChI=1S/C19H22FNO4S/c1-4-14-5-7-15(8-6-14)21(12-13(2)3)26(24,25)16-9-10-18(20)17(11-16)19(22)23/h5-11,13H,4,12H2,1-3H3,(H,22,23). The van der Waals surface area contributed by atoms with Gasteiger partial charge in [0.2, 0.25) is 0 Å². The number of aryl methyl sites for hydroxylation is 1. The summed E-state index contributed by atoms with van der Waals surface area (Å²) in [6, 6.07) is 9.97. The van der Waals surface area contributed by atoms with Crippen LogP contribution in [-0.2, 0) is 16.4 Å². The van der Waals surface area contributed by atoms with Crippen LogP contribution in [0.5, 0.6) is 0 Å². The predicted molar refractivity (Wildman–Crippen MR) is 98.5 cm³/mol. The summed E-state index contributed by atoms with van der Waals surface area (Å²) in [5.41, 5.74) is 0.889. The predicted octanol–water partition coefficient (Wildman–Crippen LogP) is 3.94. The van der Waals surface area contributed by atoms with Gasteiger partial charge < -0.3 is 5.11 Å². The molecule has 0 atom stereocenters. The van der Waals surface area contributed by atoms with Gasteiger partial charge in [-0.2, -0.15) is 0 Å². The van der Waals surface area contributed by atoms with Crippen molar-refractivity contribution in [1.82, 2.24) is 0 Å². The third-order valence-electron chi connectivity index (χ3n) is 3.92. The Labute approximate surface area is 153 Å². The van der Waals surface area contributed by atoms with Gasteiger partial charge in [-0.15, -0.1) is 0 Å². The number of aromatic carboxylic acids is 1. The van der Waals surface area contributed by atoms with Crippen molar-refractivity contribution in [2.75, 3.05) is 10.8 Å². The molecule has 0 saturated heterocycles. The molecule has 140 valence electrons. The lowest BCUT2D eigenvalue weighted by Gasteiger charge is -2.26. The van der Waals surface area contributed by atoms with Crippen LogP contribution in [0.1, 0.15) is 36.7 Å². The van der Waals surface area contributed by atoms with E-state index in [1.54, 1.807) is 12.1 Å². The Kier molecular flexibility index (Phi) is 6.02. The zero-order valence-corrected chi connectivity index (χ0v) is 15.8. The Bertz CT molecular complexity index is 892. The summed E-state index contributed by atoms with van der Waals surface area (Å²) in [5.74, 6) is -2.45. The van der Waals surface area contributed by atoms with Crippen molar-refractivity contribution in [2.24, 2.45) is 5.92 Å². The third-order valence-corrected chi connectivity index (χ3v) is 5.71. The largest absolute Gasteiger partial charge is 0.478 e. The van der Waals surface area contributed by atoms with E-state index in [1.807, 2.05) is 32.9 Å². The lowest BCUT2D eigenvalue weighted by Crippen LogP contribution is -2.34. The number of carbonyl (C=O) groups is 1. The van der Waals surface area contributed by atoms with Gasteiger partial charge in [0, 0.05) is 6.54 Å². The van der Waals surface area contributed by atoms with E-state index in [4.69, 9.17) is 5.11 Å². The first kappa shape index (κ1) is 19.9. The number of benzene rings is 2. The van der Waals surface area contributed by atoms with Gasteiger partial charge in [-0.05, 0) is 48.2 Å². The van der Waals surface area contributed by atoms with Crippen molar-refractivity contribution in [3.05, 3.63) is 59.4 Å². The molecule has 0 heterocycles. The number of anilines is 1. The maximum absolute atomic E-state index is 13.6. The van der Waals surface area contributed by atoms with Gasteiger partial charge >= 0.3 is 5.97 Å². The summed E-state index contributed by atoms with van der Waals surface area (Å²) >= 11 is 0. The quantitative estimate of drug-likeness (QED) is 0.791. The topological polar surface area (TPSA) is 74.7 Å². The second-order valence-electron chi connectivity index (χ2n) is 6.40. The number of sulfonamides is 1. The molecule has 2 rings (SSSR count). The summed E-state index contributed by atoms with van der Waals surface area (Å²) < 4.78 is 41.1. The third kappa shape index (κ3) is 4.22. The fourth-order valence-corrected chi connectivity index (χ4v) is 4.18. The molecule has 2 aromatic rings. The van der Waals surface area contributed by atoms with Gasteiger partial charge in [0.15, 0.2) is 0 Å². The van der Waals surface area contributed by atoms with E-state index in [0.29, 0.717) is 5.69 Å². The summed E-state index contributed by atoms with van der Waals surface area (Å²) in [6.07, 6.45) is 0.831. The van der Waals surface area contributed by atoms with Crippen molar-refractivity contribution in [2.45, 2.75) is 32.1 Å². The van der Waals surface area contributed by atoms with Crippen molar-refractivity contribution in [3.8, 4) is 0 Å². The number of carboxylic acid groups (broad SMARTS) is 1. The molecule has 0 aliphatic rings. The van der Waals surface area contributed by atoms with Gasteiger partial charge in [0.25, 0.3) is 10.0 Å². The number of hydrogen-bond acceptors (Lipinski definition) is 3. The lowest BCUT2D eigenvalue weighted by molar-refractivity contribution is 0.0691. The second-order valence-corrected chi connectivity index (χ2v) is 8.26. The van der Waals surface area contributed by atoms with Gasteiger partial charge in [-0.1, -0.05) is 32.9 Å². The second kappa shape index (κ2) is 7.86. The molecule has 5 nitrogen and oxygen atoms in total. The first-order chi connectivity index (χ1) is 12.2. The van der Waals surface area contributed by atoms with Crippen molar-refractivity contribution >= 4 is 21.7 Å². The average molecular weight is 379 g/mol. The zero-order chi connectivity index (χ0) is 19.5. The van der Waals surface area contributed by atoms with Crippen LogP contribution in [0.2, 0.25) is 0 Å². The molecule has 2 aromatic carbocycles. The fraction of sp³-hybridized carbons (Fsp3) is 0.316. The van der Waals surface area contributed by atoms with Gasteiger partial charge in [0.1, 0.15) is 5.82 Å². The lowest BCUT2D eigenvalue weighted by atomic mass is 10.1. The molecule has 1 N–H and O–H groups in total. The number of carboxylic acids is 1. The molecule has 0 spiro atoms. The van der Waals surface area contributed by atoms with Crippen molar-refractivity contribution in [3.63, 3.8) is 0 Å². The zero-order valence-electron chi connectivity index (χ0n) is 14.9. The summed E-state index contributed by atoms with van der Waals surface area (Å²) in [5, 5.41) is 9.07. The number of hydrogen-bond donors (Lipinski definition) is 1. The molecule has 0 aromatic heterocycles. The Balaban J connectivity index is 2.55. The molecule has 0 aliphatic carbocycles. The van der Waals surface area contributed by atoms with Gasteiger partial charge in [0.05, 0.1) is 16.1 Å². The van der Waals surface area contributed by atoms with E-state index in [0.717, 1.165) is 30.2 Å². The summed E-state index contributed by atoms with van der Waals surface area (Å²) in [6.45, 7) is 5.99. The molecule has 0 amide bonds. The smallest absolute Gasteiger partial charge is 0.338 e. The highest BCUT2D eigenvalue weighted by molar-refractivity contribution is 7.92. The molecule has 7 heteroatoms. The van der Waals surface area contributed by atoms with Crippen LogP contribution in [0.4, 0.5) is 10.1 Å². The van der Waals surface area contributed by atoms with Crippen LogP contribution in [-0.4, -0.2) is 26.0 Å². The SMILES string of the molecule is CCc1ccc(N(CC(C)C)S(=O)(=O)c2ccc(F)c(C(=O)O)c2)cc1. The fourth-order valence-electron chi connectivity index (χ4n) is 2.53. The van der Waals surface area contributed by atoms with Gasteiger partial charge in [-0.25, -0.2) is 17.6 Å². The number of nitrogens with zero attached hydrogens (tertiary/aromatic N) is 1. The minimum atomic E-state index is -4.04. The van der Waals surface area contributed by atoms with Crippen molar-refractivity contribution in [1.29, 1.82) is 0 Å². The minimum absolute atomic E-state index is 0.0371. The van der Waals surface area contributed by atoms with E-state index in [-0.39, 0.29) is 17.4 Å². The van der Waals surface area contributed by atoms with Crippen LogP contribution < -0.4 is 4.31 Å². The average Bonchev–Trinajstić information content (AvgIpc) is 2.59. The van der Waals surface area contributed by atoms with Crippen molar-refractivity contribution < 1.29 is 22.7 Å². The van der Waals surface area contributed by atoms with E-state index < -0.39 is 27.4 Å².